The summed E-state index contributed by atoms with van der Waals surface area (Å²) in [5.74, 6) is -1.69. The number of carbonyl (C=O) groups excluding carboxylic acids is 1. The smallest absolute Gasteiger partial charge is 0.337 e. The summed E-state index contributed by atoms with van der Waals surface area (Å²) in [6.07, 6.45) is 0. The van der Waals surface area contributed by atoms with Gasteiger partial charge < -0.3 is 10.4 Å². The van der Waals surface area contributed by atoms with Gasteiger partial charge in [0.1, 0.15) is 0 Å². The van der Waals surface area contributed by atoms with E-state index in [9.17, 15) is 14.7 Å². The van der Waals surface area contributed by atoms with Gasteiger partial charge in [0, 0.05) is 16.6 Å². The van der Waals surface area contributed by atoms with Gasteiger partial charge in [-0.05, 0) is 97.6 Å². The van der Waals surface area contributed by atoms with Crippen LogP contribution in [0.4, 0.5) is 5.69 Å². The molecule has 1 amide bonds. The summed E-state index contributed by atoms with van der Waals surface area (Å²) < 4.78 is 2.38. The minimum atomic E-state index is -1.24. The van der Waals surface area contributed by atoms with E-state index >= 15 is 0 Å². The van der Waals surface area contributed by atoms with Crippen molar-refractivity contribution in [2.24, 2.45) is 0 Å². The van der Waals surface area contributed by atoms with Crippen molar-refractivity contribution in [1.29, 1.82) is 0 Å². The van der Waals surface area contributed by atoms with Crippen LogP contribution in [-0.4, -0.2) is 22.1 Å². The van der Waals surface area contributed by atoms with E-state index in [1.807, 2.05) is 6.07 Å². The van der Waals surface area contributed by atoms with E-state index < -0.39 is 11.9 Å². The molecule has 0 aliphatic carbocycles. The number of carboxylic acid groups (broad SMARTS) is 1. The van der Waals surface area contributed by atoms with Crippen LogP contribution in [0.3, 0.4) is 0 Å². The number of benzene rings is 2. The largest absolute Gasteiger partial charge is 0.478 e. The maximum atomic E-state index is 12.5. The molecule has 0 spiro atoms. The highest BCUT2D eigenvalue weighted by molar-refractivity contribution is 14.1. The number of nitrogens with one attached hydrogen (secondary N) is 2. The monoisotopic (exact) mass is 698 g/mol. The lowest BCUT2D eigenvalue weighted by molar-refractivity contribution is 0.0697. The fourth-order valence-corrected chi connectivity index (χ4v) is 4.89. The Morgan fingerprint density at radius 3 is 2.38 bits per heavy atom. The molecule has 0 saturated heterocycles. The topological polar surface area (TPSA) is 78.4 Å². The number of thiocarbonyl (C=S) groups is 1. The molecule has 0 aliphatic rings. The Hall–Kier alpha value is -0.210. The molecule has 2 aromatic carbocycles. The fraction of sp³-hybridized carbons (Fsp3) is 0. The number of halogens is 5. The van der Waals surface area contributed by atoms with Crippen LogP contribution >= 0.6 is 96.5 Å². The van der Waals surface area contributed by atoms with Crippen LogP contribution in [0.5, 0.6) is 0 Å². The zero-order valence-electron chi connectivity index (χ0n) is 12.4. The third kappa shape index (κ3) is 5.41. The summed E-state index contributed by atoms with van der Waals surface area (Å²) in [7, 11) is 0. The maximum Gasteiger partial charge on any atom is 0.337 e. The zero-order valence-corrected chi connectivity index (χ0v) is 20.6. The van der Waals surface area contributed by atoms with Gasteiger partial charge in [0.15, 0.2) is 5.11 Å². The number of aromatic carboxylic acids is 1. The number of carboxylic acids is 1. The second kappa shape index (κ2) is 9.32. The molecule has 2 rings (SSSR count). The lowest BCUT2D eigenvalue weighted by atomic mass is 10.2. The van der Waals surface area contributed by atoms with Crippen molar-refractivity contribution in [3.8, 4) is 0 Å². The minimum Gasteiger partial charge on any atom is -0.478 e. The number of hydrogen-bond donors (Lipinski definition) is 3. The lowest BCUT2D eigenvalue weighted by Gasteiger charge is -2.14. The molecule has 0 radical (unpaired) electrons. The van der Waals surface area contributed by atoms with Crippen LogP contribution in [0.15, 0.2) is 28.7 Å². The van der Waals surface area contributed by atoms with E-state index in [1.165, 1.54) is 12.1 Å². The first-order valence-electron chi connectivity index (χ1n) is 6.59. The van der Waals surface area contributed by atoms with Gasteiger partial charge in [-0.25, -0.2) is 4.79 Å². The molecule has 0 bridgehead atoms. The standard InChI is InChI=1S/C15H7BrCl2I2N2O3S/c16-11-7(3-6(19)4-10(11)20)13(23)22-15(26)21-12-8(14(24)25)1-5(17)2-9(12)18/h1-4H,(H,24,25)(H2,21,22,23,26). The number of amides is 1. The summed E-state index contributed by atoms with van der Waals surface area (Å²) in [5, 5.41) is 14.6. The van der Waals surface area contributed by atoms with Crippen LogP contribution in [0.25, 0.3) is 0 Å². The summed E-state index contributed by atoms with van der Waals surface area (Å²) in [6, 6.07) is 6.22. The van der Waals surface area contributed by atoms with Crippen molar-refractivity contribution in [3.63, 3.8) is 0 Å². The first-order chi connectivity index (χ1) is 12.1. The van der Waals surface area contributed by atoms with Crippen molar-refractivity contribution < 1.29 is 14.7 Å². The third-order valence-electron chi connectivity index (χ3n) is 2.99. The summed E-state index contributed by atoms with van der Waals surface area (Å²) in [6.45, 7) is 0. The Morgan fingerprint density at radius 2 is 1.77 bits per heavy atom. The highest BCUT2D eigenvalue weighted by Gasteiger charge is 2.19. The molecule has 0 fully saturated rings. The number of carbonyl (C=O) groups is 2. The Labute approximate surface area is 199 Å². The van der Waals surface area contributed by atoms with Crippen LogP contribution in [0.1, 0.15) is 20.7 Å². The highest BCUT2D eigenvalue weighted by Crippen LogP contribution is 2.30. The highest BCUT2D eigenvalue weighted by atomic mass is 127. The van der Waals surface area contributed by atoms with Crippen LogP contribution < -0.4 is 10.6 Å². The van der Waals surface area contributed by atoms with Crippen molar-refractivity contribution in [1.82, 2.24) is 5.32 Å². The van der Waals surface area contributed by atoms with Crippen molar-refractivity contribution >= 4 is 119 Å². The SMILES string of the molecule is O=C(NC(=S)Nc1c(Cl)cc(Cl)cc1C(=O)O)c1cc(I)cc(I)c1Br. The maximum absolute atomic E-state index is 12.5. The molecule has 2 aromatic rings. The van der Waals surface area contributed by atoms with E-state index in [-0.39, 0.29) is 26.4 Å². The van der Waals surface area contributed by atoms with Gasteiger partial charge in [-0.3, -0.25) is 10.1 Å². The summed E-state index contributed by atoms with van der Waals surface area (Å²) in [4.78, 5) is 23.9. The van der Waals surface area contributed by atoms with Crippen molar-refractivity contribution in [2.45, 2.75) is 0 Å². The van der Waals surface area contributed by atoms with Gasteiger partial charge in [0.2, 0.25) is 0 Å². The van der Waals surface area contributed by atoms with Gasteiger partial charge in [-0.15, -0.1) is 0 Å². The molecule has 5 nitrogen and oxygen atoms in total. The van der Waals surface area contributed by atoms with Gasteiger partial charge in [-0.1, -0.05) is 23.2 Å². The summed E-state index contributed by atoms with van der Waals surface area (Å²) >= 11 is 24.6. The molecule has 136 valence electrons. The molecule has 0 aromatic heterocycles. The lowest BCUT2D eigenvalue weighted by Crippen LogP contribution is -2.35. The number of anilines is 1. The van der Waals surface area contributed by atoms with E-state index in [0.717, 1.165) is 7.14 Å². The van der Waals surface area contributed by atoms with Gasteiger partial charge in [-0.2, -0.15) is 0 Å². The molecule has 0 saturated carbocycles. The number of rotatable bonds is 3. The average Bonchev–Trinajstić information content (AvgIpc) is 2.52. The second-order valence-electron chi connectivity index (χ2n) is 4.77. The van der Waals surface area contributed by atoms with Gasteiger partial charge in [0.25, 0.3) is 5.91 Å². The van der Waals surface area contributed by atoms with Crippen molar-refractivity contribution in [2.75, 3.05) is 5.32 Å². The molecular weight excluding hydrogens is 693 g/mol. The van der Waals surface area contributed by atoms with E-state index in [0.29, 0.717) is 10.0 Å². The Kier molecular flexibility index (Phi) is 7.92. The molecule has 0 unspecified atom stereocenters. The molecule has 0 atom stereocenters. The van der Waals surface area contributed by atoms with E-state index in [2.05, 4.69) is 71.7 Å². The molecule has 26 heavy (non-hydrogen) atoms. The number of hydrogen-bond acceptors (Lipinski definition) is 3. The first-order valence-corrected chi connectivity index (χ1v) is 10.7. The molecule has 3 N–H and O–H groups in total. The Bertz CT molecular complexity index is 944. The molecular formula is C15H7BrCl2I2N2O3S. The predicted molar refractivity (Wildman–Crippen MR) is 127 cm³/mol. The Balaban J connectivity index is 2.25. The second-order valence-corrected chi connectivity index (χ2v) is 9.23. The third-order valence-corrected chi connectivity index (χ3v) is 6.78. The minimum absolute atomic E-state index is 0.0464. The van der Waals surface area contributed by atoms with Crippen molar-refractivity contribution in [3.05, 3.63) is 57.1 Å². The Morgan fingerprint density at radius 1 is 1.12 bits per heavy atom. The summed E-state index contributed by atoms with van der Waals surface area (Å²) in [5.41, 5.74) is 0.278. The first kappa shape index (κ1) is 22.1. The molecule has 11 heteroatoms. The van der Waals surface area contributed by atoms with E-state index in [1.54, 1.807) is 6.07 Å². The predicted octanol–water partition coefficient (Wildman–Crippen LogP) is 5.79. The van der Waals surface area contributed by atoms with Crippen LogP contribution in [-0.2, 0) is 0 Å². The van der Waals surface area contributed by atoms with Crippen LogP contribution in [0.2, 0.25) is 10.0 Å². The average molecular weight is 700 g/mol. The van der Waals surface area contributed by atoms with E-state index in [4.69, 9.17) is 35.4 Å². The molecule has 0 heterocycles. The fourth-order valence-electron chi connectivity index (χ4n) is 1.91. The normalized spacial score (nSPS) is 10.3. The van der Waals surface area contributed by atoms with Gasteiger partial charge in [0.05, 0.1) is 21.8 Å². The quantitative estimate of drug-likeness (QED) is 0.215. The van der Waals surface area contributed by atoms with Gasteiger partial charge >= 0.3 is 5.97 Å². The molecule has 0 aliphatic heterocycles. The zero-order chi connectivity index (χ0) is 19.6. The van der Waals surface area contributed by atoms with Crippen LogP contribution in [0, 0.1) is 7.14 Å².